The molecule has 3 heterocycles. The van der Waals surface area contributed by atoms with Crippen LogP contribution in [0.4, 0.5) is 5.69 Å². The number of rotatable bonds is 4. The molecule has 0 unspecified atom stereocenters. The summed E-state index contributed by atoms with van der Waals surface area (Å²) >= 11 is 12.9. The van der Waals surface area contributed by atoms with Crippen LogP contribution in [-0.4, -0.2) is 30.9 Å². The van der Waals surface area contributed by atoms with Crippen LogP contribution in [0.2, 0.25) is 10.0 Å². The molecule has 0 saturated carbocycles. The predicted octanol–water partition coefficient (Wildman–Crippen LogP) is 4.87. The fourth-order valence-electron chi connectivity index (χ4n) is 2.95. The molecule has 0 fully saturated rings. The van der Waals surface area contributed by atoms with Gasteiger partial charge in [-0.3, -0.25) is 9.78 Å². The molecule has 1 amide bonds. The van der Waals surface area contributed by atoms with E-state index >= 15 is 0 Å². The molecule has 0 saturated heterocycles. The van der Waals surface area contributed by atoms with E-state index in [0.717, 1.165) is 11.1 Å². The minimum absolute atomic E-state index is 0.0219. The quantitative estimate of drug-likeness (QED) is 0.456. The van der Waals surface area contributed by atoms with Gasteiger partial charge in [0.2, 0.25) is 0 Å². The van der Waals surface area contributed by atoms with Gasteiger partial charge < -0.3 is 10.4 Å². The summed E-state index contributed by atoms with van der Waals surface area (Å²) in [4.78, 5) is 29.5. The number of halogens is 2. The summed E-state index contributed by atoms with van der Waals surface area (Å²) < 4.78 is 0. The molecule has 0 radical (unpaired) electrons. The summed E-state index contributed by atoms with van der Waals surface area (Å²) in [5.41, 5.74) is 1.46. The SMILES string of the molecule is CC(C)(O)c1ncc(-c2ccc3nc(C(=O)Nc4cccnc4)c(Cl)c(Cl)c3c2)cn1. The van der Waals surface area contributed by atoms with Gasteiger partial charge in [-0.25, -0.2) is 15.0 Å². The maximum Gasteiger partial charge on any atom is 0.275 e. The number of hydrogen-bond acceptors (Lipinski definition) is 6. The lowest BCUT2D eigenvalue weighted by molar-refractivity contribution is 0.0687. The van der Waals surface area contributed by atoms with E-state index in [0.29, 0.717) is 22.4 Å². The summed E-state index contributed by atoms with van der Waals surface area (Å²) in [5, 5.41) is 13.6. The number of carbonyl (C=O) groups excluding carboxylic acids is 1. The highest BCUT2D eigenvalue weighted by Gasteiger charge is 2.21. The number of hydrogen-bond donors (Lipinski definition) is 2. The molecule has 0 atom stereocenters. The van der Waals surface area contributed by atoms with Gasteiger partial charge in [0.25, 0.3) is 5.91 Å². The molecule has 0 aliphatic rings. The van der Waals surface area contributed by atoms with Crippen LogP contribution in [0.1, 0.15) is 30.2 Å². The van der Waals surface area contributed by atoms with Crippen molar-refractivity contribution in [3.8, 4) is 11.1 Å². The first-order valence-corrected chi connectivity index (χ1v) is 10.0. The highest BCUT2D eigenvalue weighted by Crippen LogP contribution is 2.35. The number of aliphatic hydroxyl groups is 1. The van der Waals surface area contributed by atoms with Gasteiger partial charge in [-0.05, 0) is 43.7 Å². The molecule has 4 rings (SSSR count). The Hall–Kier alpha value is -3.13. The number of nitrogens with one attached hydrogen (secondary N) is 1. The first-order chi connectivity index (χ1) is 14.7. The minimum atomic E-state index is -1.13. The van der Waals surface area contributed by atoms with Crippen molar-refractivity contribution in [1.82, 2.24) is 19.9 Å². The highest BCUT2D eigenvalue weighted by atomic mass is 35.5. The van der Waals surface area contributed by atoms with Gasteiger partial charge >= 0.3 is 0 Å². The molecule has 2 N–H and O–H groups in total. The fraction of sp³-hybridized carbons (Fsp3) is 0.136. The second-order valence-electron chi connectivity index (χ2n) is 7.37. The Bertz CT molecular complexity index is 1270. The highest BCUT2D eigenvalue weighted by molar-refractivity contribution is 6.47. The third-order valence-electron chi connectivity index (χ3n) is 4.53. The molecule has 4 aromatic rings. The maximum absolute atomic E-state index is 12.7. The van der Waals surface area contributed by atoms with Gasteiger partial charge in [0.1, 0.15) is 11.3 Å². The van der Waals surface area contributed by atoms with Crippen molar-refractivity contribution < 1.29 is 9.90 Å². The Morgan fingerprint density at radius 3 is 2.42 bits per heavy atom. The van der Waals surface area contributed by atoms with Gasteiger partial charge in [0, 0.05) is 29.5 Å². The van der Waals surface area contributed by atoms with Crippen LogP contribution in [0, 0.1) is 0 Å². The lowest BCUT2D eigenvalue weighted by atomic mass is 10.0. The van der Waals surface area contributed by atoms with E-state index < -0.39 is 11.5 Å². The zero-order valence-corrected chi connectivity index (χ0v) is 18.1. The van der Waals surface area contributed by atoms with Crippen molar-refractivity contribution in [2.45, 2.75) is 19.4 Å². The Kier molecular flexibility index (Phi) is 5.58. The predicted molar refractivity (Wildman–Crippen MR) is 120 cm³/mol. The fourth-order valence-corrected chi connectivity index (χ4v) is 3.42. The largest absolute Gasteiger partial charge is 0.382 e. The Labute approximate surface area is 188 Å². The molecule has 0 bridgehead atoms. The summed E-state index contributed by atoms with van der Waals surface area (Å²) in [6.07, 6.45) is 6.38. The van der Waals surface area contributed by atoms with Gasteiger partial charge in [0.15, 0.2) is 5.82 Å². The Balaban J connectivity index is 1.70. The van der Waals surface area contributed by atoms with Crippen LogP contribution in [0.5, 0.6) is 0 Å². The summed E-state index contributed by atoms with van der Waals surface area (Å²) in [7, 11) is 0. The lowest BCUT2D eigenvalue weighted by Gasteiger charge is -2.15. The van der Waals surface area contributed by atoms with Crippen molar-refractivity contribution in [1.29, 1.82) is 0 Å². The van der Waals surface area contributed by atoms with Crippen molar-refractivity contribution in [2.24, 2.45) is 0 Å². The van der Waals surface area contributed by atoms with Gasteiger partial charge in [0.05, 0.1) is 27.4 Å². The number of benzene rings is 1. The van der Waals surface area contributed by atoms with Crippen LogP contribution in [0.15, 0.2) is 55.1 Å². The maximum atomic E-state index is 12.7. The smallest absolute Gasteiger partial charge is 0.275 e. The number of anilines is 1. The Morgan fingerprint density at radius 2 is 1.77 bits per heavy atom. The van der Waals surface area contributed by atoms with Crippen LogP contribution < -0.4 is 5.32 Å². The average molecular weight is 454 g/mol. The molecular formula is C22H17Cl2N5O2. The standard InChI is InChI=1S/C22H17Cl2N5O2/c1-22(2,31)21-26-9-13(10-27-21)12-5-6-16-15(8-12)17(23)18(24)19(29-16)20(30)28-14-4-3-7-25-11-14/h3-11,31H,1-2H3,(H,28,30). The molecule has 0 spiro atoms. The zero-order chi connectivity index (χ0) is 22.2. The number of aromatic nitrogens is 4. The van der Waals surface area contributed by atoms with Crippen LogP contribution >= 0.6 is 23.2 Å². The number of fused-ring (bicyclic) bond motifs is 1. The Morgan fingerprint density at radius 1 is 1.03 bits per heavy atom. The number of amides is 1. The van der Waals surface area contributed by atoms with Gasteiger partial charge in [-0.1, -0.05) is 29.3 Å². The first kappa shape index (κ1) is 21.1. The summed E-state index contributed by atoms with van der Waals surface area (Å²) in [6.45, 7) is 3.24. The summed E-state index contributed by atoms with van der Waals surface area (Å²) in [5.74, 6) is -0.162. The number of nitrogens with zero attached hydrogens (tertiary/aromatic N) is 4. The second-order valence-corrected chi connectivity index (χ2v) is 8.13. The third kappa shape index (κ3) is 4.34. The topological polar surface area (TPSA) is 101 Å². The van der Waals surface area contributed by atoms with E-state index in [1.165, 1.54) is 6.20 Å². The van der Waals surface area contributed by atoms with Crippen molar-refractivity contribution in [3.63, 3.8) is 0 Å². The molecule has 0 aliphatic heterocycles. The number of carbonyl (C=O) groups is 1. The van der Waals surface area contributed by atoms with Crippen molar-refractivity contribution >= 4 is 45.7 Å². The van der Waals surface area contributed by atoms with E-state index in [9.17, 15) is 9.90 Å². The minimum Gasteiger partial charge on any atom is -0.382 e. The van der Waals surface area contributed by atoms with Gasteiger partial charge in [-0.15, -0.1) is 0 Å². The van der Waals surface area contributed by atoms with Crippen LogP contribution in [0.25, 0.3) is 22.0 Å². The summed E-state index contributed by atoms with van der Waals surface area (Å²) in [6, 6.07) is 8.79. The molecule has 7 nitrogen and oxygen atoms in total. The molecule has 31 heavy (non-hydrogen) atoms. The molecule has 3 aromatic heterocycles. The van der Waals surface area contributed by atoms with Crippen molar-refractivity contribution in [3.05, 3.63) is 76.7 Å². The van der Waals surface area contributed by atoms with E-state index in [4.69, 9.17) is 23.2 Å². The second kappa shape index (κ2) is 8.19. The van der Waals surface area contributed by atoms with E-state index in [1.54, 1.807) is 50.6 Å². The van der Waals surface area contributed by atoms with Crippen LogP contribution in [0.3, 0.4) is 0 Å². The molecule has 1 aromatic carbocycles. The molecule has 0 aliphatic carbocycles. The normalized spacial score (nSPS) is 11.5. The number of pyridine rings is 2. The average Bonchev–Trinajstić information content (AvgIpc) is 2.76. The monoisotopic (exact) mass is 453 g/mol. The molecule has 156 valence electrons. The molecular weight excluding hydrogens is 437 g/mol. The third-order valence-corrected chi connectivity index (χ3v) is 5.39. The van der Waals surface area contributed by atoms with Crippen molar-refractivity contribution in [2.75, 3.05) is 5.32 Å². The van der Waals surface area contributed by atoms with E-state index in [-0.39, 0.29) is 15.7 Å². The van der Waals surface area contributed by atoms with Gasteiger partial charge in [-0.2, -0.15) is 0 Å². The van der Waals surface area contributed by atoms with E-state index in [2.05, 4.69) is 25.3 Å². The van der Waals surface area contributed by atoms with Crippen LogP contribution in [-0.2, 0) is 5.60 Å². The molecule has 9 heteroatoms. The van der Waals surface area contributed by atoms with E-state index in [1.807, 2.05) is 12.1 Å². The zero-order valence-electron chi connectivity index (χ0n) is 16.6. The lowest BCUT2D eigenvalue weighted by Crippen LogP contribution is -2.19. The first-order valence-electron chi connectivity index (χ1n) is 9.29.